The molecule has 0 saturated carbocycles. The molecule has 0 amide bonds. The normalized spacial score (nSPS) is 24.6. The van der Waals surface area contributed by atoms with Crippen molar-refractivity contribution >= 4 is 0 Å². The minimum absolute atomic E-state index is 0.0422. The van der Waals surface area contributed by atoms with Crippen LogP contribution in [0.4, 0.5) is 0 Å². The number of rotatable bonds is 3. The highest BCUT2D eigenvalue weighted by molar-refractivity contribution is 5.12. The van der Waals surface area contributed by atoms with Crippen LogP contribution in [0.15, 0.2) is 10.6 Å². The molecule has 1 atom stereocenters. The third-order valence-corrected chi connectivity index (χ3v) is 2.46. The van der Waals surface area contributed by atoms with Gasteiger partial charge in [-0.1, -0.05) is 19.0 Å². The van der Waals surface area contributed by atoms with Gasteiger partial charge in [-0.3, -0.25) is 0 Å². The maximum absolute atomic E-state index is 5.45. The largest absolute Gasteiger partial charge is 0.378 e. The van der Waals surface area contributed by atoms with Crippen molar-refractivity contribution in [3.05, 3.63) is 17.5 Å². The molecule has 1 aliphatic rings. The molecule has 2 rings (SSSR count). The van der Waals surface area contributed by atoms with Gasteiger partial charge in [0.05, 0.1) is 13.2 Å². The molecule has 4 heteroatoms. The maximum Gasteiger partial charge on any atom is 0.166 e. The van der Waals surface area contributed by atoms with E-state index in [-0.39, 0.29) is 11.5 Å². The summed E-state index contributed by atoms with van der Waals surface area (Å²) in [6.07, 6.45) is 0.0422. The molecule has 2 heterocycles. The molecule has 1 unspecified atom stereocenters. The van der Waals surface area contributed by atoms with E-state index in [0.29, 0.717) is 6.61 Å². The molecule has 1 fully saturated rings. The van der Waals surface area contributed by atoms with E-state index in [9.17, 15) is 0 Å². The number of nitrogens with zero attached hydrogens (tertiary/aromatic N) is 1. The van der Waals surface area contributed by atoms with Gasteiger partial charge in [0.25, 0.3) is 0 Å². The van der Waals surface area contributed by atoms with Gasteiger partial charge in [-0.05, 0) is 0 Å². The average molecular weight is 197 g/mol. The second-order valence-corrected chi connectivity index (χ2v) is 4.33. The molecule has 0 N–H and O–H groups in total. The Morgan fingerprint density at radius 3 is 2.93 bits per heavy atom. The molecular weight excluding hydrogens is 182 g/mol. The summed E-state index contributed by atoms with van der Waals surface area (Å²) < 4.78 is 15.6. The summed E-state index contributed by atoms with van der Waals surface area (Å²) in [7, 11) is 1.64. The van der Waals surface area contributed by atoms with Crippen molar-refractivity contribution in [1.29, 1.82) is 0 Å². The molecule has 1 aromatic rings. The topological polar surface area (TPSA) is 44.5 Å². The van der Waals surface area contributed by atoms with E-state index in [0.717, 1.165) is 18.1 Å². The summed E-state index contributed by atoms with van der Waals surface area (Å²) in [4.78, 5) is 0. The van der Waals surface area contributed by atoms with E-state index >= 15 is 0 Å². The van der Waals surface area contributed by atoms with E-state index in [2.05, 4.69) is 19.0 Å². The van der Waals surface area contributed by atoms with Crippen molar-refractivity contribution in [2.45, 2.75) is 26.6 Å². The van der Waals surface area contributed by atoms with Gasteiger partial charge in [-0.2, -0.15) is 0 Å². The van der Waals surface area contributed by atoms with Gasteiger partial charge in [0.1, 0.15) is 11.8 Å². The summed E-state index contributed by atoms with van der Waals surface area (Å²) in [5.41, 5.74) is 0.970. The third kappa shape index (κ3) is 1.55. The van der Waals surface area contributed by atoms with Crippen molar-refractivity contribution in [3.8, 4) is 0 Å². The van der Waals surface area contributed by atoms with Crippen LogP contribution in [-0.4, -0.2) is 18.9 Å². The molecule has 0 radical (unpaired) electrons. The molecule has 0 spiro atoms. The first-order valence-corrected chi connectivity index (χ1v) is 4.69. The molecule has 14 heavy (non-hydrogen) atoms. The fourth-order valence-electron chi connectivity index (χ4n) is 1.63. The first kappa shape index (κ1) is 9.68. The zero-order chi connectivity index (χ0) is 10.2. The standard InChI is InChI=1S/C10H15NO3/c1-10(2)6-13-9(10)8-4-7(5-12-3)11-14-8/h4,9H,5-6H2,1-3H3. The zero-order valence-electron chi connectivity index (χ0n) is 8.74. The molecule has 1 saturated heterocycles. The van der Waals surface area contributed by atoms with Gasteiger partial charge >= 0.3 is 0 Å². The van der Waals surface area contributed by atoms with E-state index < -0.39 is 0 Å². The van der Waals surface area contributed by atoms with E-state index in [1.807, 2.05) is 6.07 Å². The number of aromatic nitrogens is 1. The number of hydrogen-bond acceptors (Lipinski definition) is 4. The van der Waals surface area contributed by atoms with Crippen LogP contribution >= 0.6 is 0 Å². The number of ether oxygens (including phenoxy) is 2. The number of methoxy groups -OCH3 is 1. The van der Waals surface area contributed by atoms with Gasteiger partial charge in [0, 0.05) is 18.6 Å². The lowest BCUT2D eigenvalue weighted by Crippen LogP contribution is -2.40. The Bertz CT molecular complexity index is 319. The molecule has 0 aliphatic carbocycles. The van der Waals surface area contributed by atoms with Crippen molar-refractivity contribution in [2.24, 2.45) is 5.41 Å². The summed E-state index contributed by atoms with van der Waals surface area (Å²) in [6, 6.07) is 1.90. The van der Waals surface area contributed by atoms with Crippen LogP contribution in [0.25, 0.3) is 0 Å². The van der Waals surface area contributed by atoms with Crippen LogP contribution in [0.3, 0.4) is 0 Å². The van der Waals surface area contributed by atoms with E-state index in [1.165, 1.54) is 0 Å². The van der Waals surface area contributed by atoms with Gasteiger partial charge in [-0.15, -0.1) is 0 Å². The first-order chi connectivity index (χ1) is 6.63. The maximum atomic E-state index is 5.45. The van der Waals surface area contributed by atoms with Crippen LogP contribution in [0.5, 0.6) is 0 Å². The average Bonchev–Trinajstić information content (AvgIpc) is 2.52. The molecular formula is C10H15NO3. The predicted octanol–water partition coefficient (Wildman–Crippen LogP) is 1.92. The predicted molar refractivity (Wildman–Crippen MR) is 49.7 cm³/mol. The van der Waals surface area contributed by atoms with Gasteiger partial charge < -0.3 is 14.0 Å². The van der Waals surface area contributed by atoms with Crippen LogP contribution in [0.2, 0.25) is 0 Å². The van der Waals surface area contributed by atoms with Crippen molar-refractivity contribution < 1.29 is 14.0 Å². The Morgan fingerprint density at radius 2 is 2.43 bits per heavy atom. The SMILES string of the molecule is COCc1cc(C2OCC2(C)C)on1. The Balaban J connectivity index is 2.09. The summed E-state index contributed by atoms with van der Waals surface area (Å²) in [6.45, 7) is 5.56. The Kier molecular flexibility index (Phi) is 2.33. The first-order valence-electron chi connectivity index (χ1n) is 4.69. The van der Waals surface area contributed by atoms with Crippen LogP contribution in [0, 0.1) is 5.41 Å². The van der Waals surface area contributed by atoms with Gasteiger partial charge in [0.2, 0.25) is 0 Å². The van der Waals surface area contributed by atoms with Crippen molar-refractivity contribution in [2.75, 3.05) is 13.7 Å². The highest BCUT2D eigenvalue weighted by Crippen LogP contribution is 2.45. The van der Waals surface area contributed by atoms with Gasteiger partial charge in [0.15, 0.2) is 5.76 Å². The van der Waals surface area contributed by atoms with E-state index in [1.54, 1.807) is 7.11 Å². The second-order valence-electron chi connectivity index (χ2n) is 4.33. The molecule has 1 aliphatic heterocycles. The Labute approximate surface area is 83.2 Å². The minimum atomic E-state index is 0.0422. The second kappa shape index (κ2) is 3.37. The Morgan fingerprint density at radius 1 is 1.64 bits per heavy atom. The molecule has 0 bridgehead atoms. The zero-order valence-corrected chi connectivity index (χ0v) is 8.74. The lowest BCUT2D eigenvalue weighted by atomic mass is 9.81. The lowest BCUT2D eigenvalue weighted by Gasteiger charge is -2.42. The molecule has 78 valence electrons. The quantitative estimate of drug-likeness (QED) is 0.742. The minimum Gasteiger partial charge on any atom is -0.378 e. The fraction of sp³-hybridized carbons (Fsp3) is 0.700. The smallest absolute Gasteiger partial charge is 0.166 e. The van der Waals surface area contributed by atoms with Crippen molar-refractivity contribution in [1.82, 2.24) is 5.16 Å². The highest BCUT2D eigenvalue weighted by Gasteiger charge is 2.43. The van der Waals surface area contributed by atoms with Crippen LogP contribution in [-0.2, 0) is 16.1 Å². The fourth-order valence-corrected chi connectivity index (χ4v) is 1.63. The molecule has 1 aromatic heterocycles. The molecule has 0 aromatic carbocycles. The van der Waals surface area contributed by atoms with Gasteiger partial charge in [-0.25, -0.2) is 0 Å². The van der Waals surface area contributed by atoms with Crippen LogP contribution < -0.4 is 0 Å². The van der Waals surface area contributed by atoms with Crippen molar-refractivity contribution in [3.63, 3.8) is 0 Å². The molecule has 4 nitrogen and oxygen atoms in total. The van der Waals surface area contributed by atoms with Crippen LogP contribution in [0.1, 0.15) is 31.4 Å². The number of hydrogen-bond donors (Lipinski definition) is 0. The third-order valence-electron chi connectivity index (χ3n) is 2.46. The lowest BCUT2D eigenvalue weighted by molar-refractivity contribution is -0.181. The monoisotopic (exact) mass is 197 g/mol. The Hall–Kier alpha value is -0.870. The summed E-state index contributed by atoms with van der Waals surface area (Å²) >= 11 is 0. The summed E-state index contributed by atoms with van der Waals surface area (Å²) in [5.74, 6) is 0.799. The van der Waals surface area contributed by atoms with E-state index in [4.69, 9.17) is 14.0 Å². The highest BCUT2D eigenvalue weighted by atomic mass is 16.5. The summed E-state index contributed by atoms with van der Waals surface area (Å²) in [5, 5.41) is 3.89.